The van der Waals surface area contributed by atoms with Crippen molar-refractivity contribution in [2.45, 2.75) is 143 Å². The number of allylic oxidation sites excluding steroid dienone is 2. The zero-order valence-electron chi connectivity index (χ0n) is 32.8. The summed E-state index contributed by atoms with van der Waals surface area (Å²) in [5.41, 5.74) is 2.52. The molecule has 12 aliphatic rings. The van der Waals surface area contributed by atoms with Gasteiger partial charge in [-0.1, -0.05) is 58.1 Å². The minimum atomic E-state index is -0.758. The van der Waals surface area contributed by atoms with E-state index in [0.29, 0.717) is 53.0 Å². The van der Waals surface area contributed by atoms with Gasteiger partial charge in [-0.3, -0.25) is 9.59 Å². The molecule has 10 saturated carbocycles. The first kappa shape index (κ1) is 33.6. The Morgan fingerprint density at radius 3 is 1.71 bits per heavy atom. The fraction of sp³-hybridized carbons (Fsp3) is 0.833. The van der Waals surface area contributed by atoms with Gasteiger partial charge in [-0.2, -0.15) is 0 Å². The fourth-order valence-electron chi connectivity index (χ4n) is 18.2. The Balaban J connectivity index is 0.000000123. The van der Waals surface area contributed by atoms with Crippen LogP contribution in [0.5, 0.6) is 0 Å². The molecule has 4 nitrogen and oxygen atoms in total. The van der Waals surface area contributed by atoms with E-state index in [1.54, 1.807) is 0 Å². The van der Waals surface area contributed by atoms with Crippen LogP contribution in [0.15, 0.2) is 23.3 Å². The monoisotopic (exact) mass is 704 g/mol. The van der Waals surface area contributed by atoms with Gasteiger partial charge < -0.3 is 10.2 Å². The van der Waals surface area contributed by atoms with E-state index in [4.69, 9.17) is 0 Å². The number of carbonyl (C=O) groups excluding carboxylic acids is 2. The van der Waals surface area contributed by atoms with Crippen LogP contribution in [0.25, 0.3) is 0 Å². The summed E-state index contributed by atoms with van der Waals surface area (Å²) in [5, 5.41) is 23.5. The smallest absolute Gasteiger partial charge is 0.155 e. The van der Waals surface area contributed by atoms with Gasteiger partial charge in [0.05, 0.1) is 5.60 Å². The molecule has 12 rings (SSSR count). The summed E-state index contributed by atoms with van der Waals surface area (Å²) in [6, 6.07) is 0. The Morgan fingerprint density at radius 2 is 1.17 bits per heavy atom. The lowest BCUT2D eigenvalue weighted by molar-refractivity contribution is -0.154. The molecule has 20 atom stereocenters. The molecule has 4 heteroatoms. The Kier molecular flexibility index (Phi) is 6.58. The molecule has 10 fully saturated rings. The first-order valence-corrected chi connectivity index (χ1v) is 22.1. The lowest BCUT2D eigenvalue weighted by Crippen LogP contribution is -2.57. The van der Waals surface area contributed by atoms with E-state index in [1.807, 2.05) is 13.0 Å². The number of rotatable bonds is 2. The molecule has 2 N–H and O–H groups in total. The Bertz CT molecular complexity index is 1790. The summed E-state index contributed by atoms with van der Waals surface area (Å²) in [6.07, 6.45) is 19.7. The molecule has 52 heavy (non-hydrogen) atoms. The lowest BCUT2D eigenvalue weighted by atomic mass is 9.45. The van der Waals surface area contributed by atoms with Gasteiger partial charge in [0, 0.05) is 24.2 Å². The maximum atomic E-state index is 12.1. The van der Waals surface area contributed by atoms with Crippen molar-refractivity contribution < 1.29 is 19.8 Å². The highest BCUT2D eigenvalue weighted by Gasteiger charge is 2.80. The molecular formula is C48H64O4. The Hall–Kier alpha value is -1.70. The molecule has 280 valence electrons. The quantitative estimate of drug-likeness (QED) is 0.282. The Labute approximate surface area is 312 Å². The molecule has 0 spiro atoms. The minimum Gasteiger partial charge on any atom is -0.389 e. The van der Waals surface area contributed by atoms with Crippen molar-refractivity contribution in [2.24, 2.45) is 105 Å². The predicted molar refractivity (Wildman–Crippen MR) is 201 cm³/mol. The number of hydrogen-bond acceptors (Lipinski definition) is 4. The number of aliphatic hydroxyl groups is 2. The van der Waals surface area contributed by atoms with Crippen LogP contribution in [0.1, 0.15) is 131 Å². The Morgan fingerprint density at radius 1 is 0.673 bits per heavy atom. The van der Waals surface area contributed by atoms with E-state index in [0.717, 1.165) is 86.4 Å². The van der Waals surface area contributed by atoms with Crippen molar-refractivity contribution in [3.05, 3.63) is 23.3 Å². The van der Waals surface area contributed by atoms with Gasteiger partial charge in [0.15, 0.2) is 11.6 Å². The molecule has 0 aromatic rings. The van der Waals surface area contributed by atoms with E-state index >= 15 is 0 Å². The molecule has 0 saturated heterocycles. The van der Waals surface area contributed by atoms with Crippen LogP contribution in [-0.2, 0) is 9.59 Å². The zero-order valence-corrected chi connectivity index (χ0v) is 32.8. The number of carbonyl (C=O) groups is 2. The second-order valence-electron chi connectivity index (χ2n) is 22.1. The lowest BCUT2D eigenvalue weighted by Gasteiger charge is -2.60. The molecule has 0 aliphatic heterocycles. The summed E-state index contributed by atoms with van der Waals surface area (Å²) in [5.74, 6) is 17.0. The molecule has 0 amide bonds. The average Bonchev–Trinajstić information content (AvgIpc) is 3.91. The SMILES string of the molecule is CC#C[C@]1(O)C2C[C@H]2C2C3C4C[C@H]4C4=CC(=O)CC[C@]4(C)C3CC[C@@]21C.CCC[C@]1(O)C2C[C@H]2C2C3C4C[C@H]4C4=CC(=O)CC[C@]4(C)C3CC[C@@]21C. The molecule has 0 aromatic heterocycles. The van der Waals surface area contributed by atoms with E-state index in [-0.39, 0.29) is 21.7 Å². The molecule has 0 radical (unpaired) electrons. The van der Waals surface area contributed by atoms with E-state index < -0.39 is 11.2 Å². The second-order valence-corrected chi connectivity index (χ2v) is 22.1. The maximum absolute atomic E-state index is 12.1. The highest BCUT2D eigenvalue weighted by Crippen LogP contribution is 2.82. The number of fused-ring (bicyclic) bond motifs is 20. The summed E-state index contributed by atoms with van der Waals surface area (Å²) in [6.45, 7) is 13.9. The summed E-state index contributed by atoms with van der Waals surface area (Å²) < 4.78 is 0. The van der Waals surface area contributed by atoms with Gasteiger partial charge in [0.2, 0.25) is 0 Å². The number of ketones is 2. The average molecular weight is 705 g/mol. The molecule has 0 bridgehead atoms. The van der Waals surface area contributed by atoms with Gasteiger partial charge in [0.1, 0.15) is 5.60 Å². The van der Waals surface area contributed by atoms with E-state index in [2.05, 4.69) is 52.5 Å². The topological polar surface area (TPSA) is 74.6 Å². The van der Waals surface area contributed by atoms with Crippen molar-refractivity contribution in [3.63, 3.8) is 0 Å². The number of hydrogen-bond donors (Lipinski definition) is 2. The van der Waals surface area contributed by atoms with Crippen molar-refractivity contribution in [1.82, 2.24) is 0 Å². The van der Waals surface area contributed by atoms with Gasteiger partial charge in [0.25, 0.3) is 0 Å². The highest BCUT2D eigenvalue weighted by atomic mass is 16.3. The largest absolute Gasteiger partial charge is 0.389 e. The fourth-order valence-corrected chi connectivity index (χ4v) is 18.2. The summed E-state index contributed by atoms with van der Waals surface area (Å²) in [7, 11) is 0. The normalized spacial score (nSPS) is 61.3. The third-order valence-corrected chi connectivity index (χ3v) is 20.6. The second kappa shape index (κ2) is 10.2. The predicted octanol–water partition coefficient (Wildman–Crippen LogP) is 8.75. The van der Waals surface area contributed by atoms with Gasteiger partial charge in [-0.05, 0) is 183 Å². The molecule has 10 unspecified atom stereocenters. The van der Waals surface area contributed by atoms with Crippen LogP contribution < -0.4 is 0 Å². The third-order valence-electron chi connectivity index (χ3n) is 20.6. The van der Waals surface area contributed by atoms with Crippen LogP contribution in [0.3, 0.4) is 0 Å². The van der Waals surface area contributed by atoms with Crippen molar-refractivity contribution in [2.75, 3.05) is 0 Å². The van der Waals surface area contributed by atoms with Crippen LogP contribution in [0, 0.1) is 116 Å². The van der Waals surface area contributed by atoms with Crippen LogP contribution in [0.4, 0.5) is 0 Å². The van der Waals surface area contributed by atoms with E-state index in [9.17, 15) is 19.8 Å². The molecular weight excluding hydrogens is 641 g/mol. The first-order valence-electron chi connectivity index (χ1n) is 22.1. The van der Waals surface area contributed by atoms with Crippen molar-refractivity contribution in [1.29, 1.82) is 0 Å². The van der Waals surface area contributed by atoms with E-state index in [1.165, 1.54) is 56.1 Å². The van der Waals surface area contributed by atoms with Crippen molar-refractivity contribution >= 4 is 11.6 Å². The summed E-state index contributed by atoms with van der Waals surface area (Å²) >= 11 is 0. The highest BCUT2D eigenvalue weighted by molar-refractivity contribution is 5.92. The minimum absolute atomic E-state index is 0.0278. The molecule has 0 heterocycles. The maximum Gasteiger partial charge on any atom is 0.155 e. The first-order chi connectivity index (χ1) is 24.7. The van der Waals surface area contributed by atoms with Gasteiger partial charge >= 0.3 is 0 Å². The molecule has 0 aromatic carbocycles. The zero-order chi connectivity index (χ0) is 36.1. The molecule has 12 aliphatic carbocycles. The van der Waals surface area contributed by atoms with Gasteiger partial charge in [-0.25, -0.2) is 0 Å². The summed E-state index contributed by atoms with van der Waals surface area (Å²) in [4.78, 5) is 24.2. The standard InChI is InChI=1S/C24H34O2.C24H30O2/c2*1-4-7-24(26)19-12-16(19)21-20-15-11-14(15)18-10-13(25)5-8-22(18,2)17(20)6-9-23(21,24)3/h10,14-17,19-21,26H,4-9,11-12H2,1-3H3;10,14-17,19-21,26H,5-6,8-9,11-12H2,1-3H3/t2*14-,15?,16-,17?,19?,20?,21?,22-,23+,24+/m11/s1. The van der Waals surface area contributed by atoms with Crippen molar-refractivity contribution in [3.8, 4) is 11.8 Å². The third kappa shape index (κ3) is 3.82. The van der Waals surface area contributed by atoms with Crippen LogP contribution in [0.2, 0.25) is 0 Å². The van der Waals surface area contributed by atoms with Crippen LogP contribution >= 0.6 is 0 Å². The van der Waals surface area contributed by atoms with Crippen LogP contribution in [-0.4, -0.2) is 33.0 Å². The van der Waals surface area contributed by atoms with Gasteiger partial charge in [-0.15, -0.1) is 5.92 Å².